The first-order chi connectivity index (χ1) is 13.2. The van der Waals surface area contributed by atoms with Crippen molar-refractivity contribution in [1.29, 1.82) is 0 Å². The molecule has 0 bridgehead atoms. The number of furan rings is 1. The van der Waals surface area contributed by atoms with Gasteiger partial charge in [0.25, 0.3) is 0 Å². The van der Waals surface area contributed by atoms with Crippen LogP contribution in [-0.4, -0.2) is 38.3 Å². The number of hydrogen-bond acceptors (Lipinski definition) is 6. The zero-order valence-corrected chi connectivity index (χ0v) is 17.3. The molecule has 0 aliphatic carbocycles. The van der Waals surface area contributed by atoms with Crippen LogP contribution in [0.1, 0.15) is 32.1 Å². The zero-order valence-electron chi connectivity index (χ0n) is 16.5. The fourth-order valence-electron chi connectivity index (χ4n) is 2.43. The Balaban J connectivity index is 2.28. The third-order valence-corrected chi connectivity index (χ3v) is 4.94. The molecule has 1 N–H and O–H groups in total. The quantitative estimate of drug-likeness (QED) is 0.638. The van der Waals surface area contributed by atoms with Crippen LogP contribution in [0.5, 0.6) is 11.5 Å². The van der Waals surface area contributed by atoms with Gasteiger partial charge in [-0.2, -0.15) is 8.42 Å². The Morgan fingerprint density at radius 3 is 2.54 bits per heavy atom. The number of nitrogens with zero attached hydrogens (tertiary/aromatic N) is 1. The van der Waals surface area contributed by atoms with Gasteiger partial charge in [0.05, 0.1) is 25.7 Å². The van der Waals surface area contributed by atoms with E-state index in [-0.39, 0.29) is 36.7 Å². The Hall–Kier alpha value is -2.68. The fraction of sp³-hybridized carbons (Fsp3) is 0.421. The van der Waals surface area contributed by atoms with E-state index in [0.717, 1.165) is 0 Å². The summed E-state index contributed by atoms with van der Waals surface area (Å²) in [6.07, 6.45) is 1.54. The number of rotatable bonds is 9. The van der Waals surface area contributed by atoms with Crippen molar-refractivity contribution in [3.63, 3.8) is 0 Å². The molecule has 0 saturated heterocycles. The molecular weight excluding hydrogens is 384 g/mol. The third kappa shape index (κ3) is 6.19. The number of methoxy groups -OCH3 is 1. The Morgan fingerprint density at radius 2 is 1.96 bits per heavy atom. The maximum atomic E-state index is 12.6. The standard InChI is InChI=1S/C19H26N2O6S/c1-5-28(23,24)27-18-11-15(8-9-17(18)25-4)12-21(19(22)20-14(2)3)13-16-7-6-10-26-16/h6-11,14H,5,12-13H2,1-4H3,(H,20,22). The van der Waals surface area contributed by atoms with Crippen molar-refractivity contribution < 1.29 is 26.5 Å². The molecule has 0 aliphatic heterocycles. The maximum absolute atomic E-state index is 12.6. The second kappa shape index (κ2) is 9.50. The maximum Gasteiger partial charge on any atom is 0.318 e. The van der Waals surface area contributed by atoms with Gasteiger partial charge >= 0.3 is 16.1 Å². The van der Waals surface area contributed by atoms with Gasteiger partial charge in [0.1, 0.15) is 5.76 Å². The SMILES string of the molecule is CCS(=O)(=O)Oc1cc(CN(Cc2ccco2)C(=O)NC(C)C)ccc1OC. The van der Waals surface area contributed by atoms with Crippen LogP contribution in [0.4, 0.5) is 4.79 Å². The molecule has 0 saturated carbocycles. The van der Waals surface area contributed by atoms with Crippen molar-refractivity contribution in [3.8, 4) is 11.5 Å². The Labute approximate surface area is 165 Å². The van der Waals surface area contributed by atoms with Crippen LogP contribution >= 0.6 is 0 Å². The van der Waals surface area contributed by atoms with Gasteiger partial charge in [-0.25, -0.2) is 4.79 Å². The van der Waals surface area contributed by atoms with Gasteiger partial charge in [0.15, 0.2) is 11.5 Å². The summed E-state index contributed by atoms with van der Waals surface area (Å²) < 4.78 is 39.4. The Morgan fingerprint density at radius 1 is 1.21 bits per heavy atom. The van der Waals surface area contributed by atoms with Crippen LogP contribution < -0.4 is 14.2 Å². The Kier molecular flexibility index (Phi) is 7.33. The summed E-state index contributed by atoms with van der Waals surface area (Å²) in [5.41, 5.74) is 0.688. The second-order valence-electron chi connectivity index (χ2n) is 6.45. The minimum absolute atomic E-state index is 0.0314. The summed E-state index contributed by atoms with van der Waals surface area (Å²) in [4.78, 5) is 14.2. The van der Waals surface area contributed by atoms with Gasteiger partial charge in [0.2, 0.25) is 0 Å². The van der Waals surface area contributed by atoms with Crippen LogP contribution in [0.2, 0.25) is 0 Å². The first-order valence-corrected chi connectivity index (χ1v) is 10.5. The summed E-state index contributed by atoms with van der Waals surface area (Å²) >= 11 is 0. The lowest BCUT2D eigenvalue weighted by Crippen LogP contribution is -2.42. The van der Waals surface area contributed by atoms with E-state index in [1.807, 2.05) is 13.8 Å². The molecule has 8 nitrogen and oxygen atoms in total. The smallest absolute Gasteiger partial charge is 0.318 e. The van der Waals surface area contributed by atoms with Crippen LogP contribution in [0.15, 0.2) is 41.0 Å². The number of urea groups is 1. The first kappa shape index (κ1) is 21.6. The highest BCUT2D eigenvalue weighted by atomic mass is 32.2. The summed E-state index contributed by atoms with van der Waals surface area (Å²) in [6, 6.07) is 8.17. The molecule has 28 heavy (non-hydrogen) atoms. The average Bonchev–Trinajstić information content (AvgIpc) is 3.13. The average molecular weight is 410 g/mol. The monoisotopic (exact) mass is 410 g/mol. The lowest BCUT2D eigenvalue weighted by atomic mass is 10.2. The van der Waals surface area contributed by atoms with Crippen LogP contribution in [0.25, 0.3) is 0 Å². The van der Waals surface area contributed by atoms with E-state index in [0.29, 0.717) is 17.1 Å². The van der Waals surface area contributed by atoms with Gasteiger partial charge in [0, 0.05) is 12.6 Å². The molecule has 0 spiro atoms. The van der Waals surface area contributed by atoms with Gasteiger partial charge in [-0.3, -0.25) is 0 Å². The summed E-state index contributed by atoms with van der Waals surface area (Å²) in [6.45, 7) is 5.73. The summed E-state index contributed by atoms with van der Waals surface area (Å²) in [5.74, 6) is 0.855. The molecule has 0 radical (unpaired) electrons. The number of carbonyl (C=O) groups excluding carboxylic acids is 1. The van der Waals surface area contributed by atoms with E-state index in [4.69, 9.17) is 13.3 Å². The molecule has 154 valence electrons. The van der Waals surface area contributed by atoms with E-state index in [1.54, 1.807) is 41.5 Å². The van der Waals surface area contributed by atoms with E-state index in [9.17, 15) is 13.2 Å². The number of nitrogens with one attached hydrogen (secondary N) is 1. The van der Waals surface area contributed by atoms with Crippen molar-refractivity contribution in [2.45, 2.75) is 39.9 Å². The van der Waals surface area contributed by atoms with Gasteiger partial charge in [-0.15, -0.1) is 0 Å². The van der Waals surface area contributed by atoms with Gasteiger partial charge < -0.3 is 23.6 Å². The molecule has 2 rings (SSSR count). The topological polar surface area (TPSA) is 98.1 Å². The lowest BCUT2D eigenvalue weighted by Gasteiger charge is -2.24. The molecular formula is C19H26N2O6S. The van der Waals surface area contributed by atoms with Crippen LogP contribution in [-0.2, 0) is 23.2 Å². The minimum Gasteiger partial charge on any atom is -0.493 e. The highest BCUT2D eigenvalue weighted by Crippen LogP contribution is 2.30. The van der Waals surface area contributed by atoms with Crippen molar-refractivity contribution in [2.24, 2.45) is 0 Å². The van der Waals surface area contributed by atoms with Crippen molar-refractivity contribution in [1.82, 2.24) is 10.2 Å². The summed E-state index contributed by atoms with van der Waals surface area (Å²) in [7, 11) is -2.28. The lowest BCUT2D eigenvalue weighted by molar-refractivity contribution is 0.184. The van der Waals surface area contributed by atoms with Crippen molar-refractivity contribution in [2.75, 3.05) is 12.9 Å². The Bertz CT molecular complexity index is 878. The molecule has 9 heteroatoms. The highest BCUT2D eigenvalue weighted by Gasteiger charge is 2.19. The third-order valence-electron chi connectivity index (χ3n) is 3.80. The molecule has 0 aliphatic rings. The van der Waals surface area contributed by atoms with Gasteiger partial charge in [-0.1, -0.05) is 6.07 Å². The molecule has 1 heterocycles. The number of amides is 2. The number of ether oxygens (including phenoxy) is 1. The molecule has 0 atom stereocenters. The highest BCUT2D eigenvalue weighted by molar-refractivity contribution is 7.87. The van der Waals surface area contributed by atoms with E-state index in [2.05, 4.69) is 5.32 Å². The minimum atomic E-state index is -3.71. The predicted octanol–water partition coefficient (Wildman–Crippen LogP) is 3.14. The predicted molar refractivity (Wildman–Crippen MR) is 105 cm³/mol. The molecule has 0 fully saturated rings. The number of benzene rings is 1. The number of carbonyl (C=O) groups is 1. The largest absolute Gasteiger partial charge is 0.493 e. The molecule has 2 aromatic rings. The first-order valence-electron chi connectivity index (χ1n) is 8.91. The zero-order chi connectivity index (χ0) is 20.7. The molecule has 2 amide bonds. The molecule has 0 unspecified atom stereocenters. The molecule has 1 aromatic carbocycles. The number of hydrogen-bond donors (Lipinski definition) is 1. The summed E-state index contributed by atoms with van der Waals surface area (Å²) in [5, 5.41) is 2.85. The van der Waals surface area contributed by atoms with Crippen LogP contribution in [0, 0.1) is 0 Å². The molecule has 1 aromatic heterocycles. The van der Waals surface area contributed by atoms with Crippen molar-refractivity contribution >= 4 is 16.1 Å². The normalized spacial score (nSPS) is 11.3. The van der Waals surface area contributed by atoms with E-state index >= 15 is 0 Å². The van der Waals surface area contributed by atoms with Crippen LogP contribution in [0.3, 0.4) is 0 Å². The van der Waals surface area contributed by atoms with E-state index in [1.165, 1.54) is 14.0 Å². The second-order valence-corrected chi connectivity index (χ2v) is 8.31. The van der Waals surface area contributed by atoms with Gasteiger partial charge in [-0.05, 0) is 50.6 Å². The van der Waals surface area contributed by atoms with Crippen molar-refractivity contribution in [3.05, 3.63) is 47.9 Å². The van der Waals surface area contributed by atoms with E-state index < -0.39 is 10.1 Å². The fourth-order valence-corrected chi connectivity index (χ4v) is 2.95.